The predicted molar refractivity (Wildman–Crippen MR) is 89.4 cm³/mol. The van der Waals surface area contributed by atoms with Crippen molar-refractivity contribution in [3.63, 3.8) is 0 Å². The van der Waals surface area contributed by atoms with Gasteiger partial charge in [-0.3, -0.25) is 9.59 Å². The molecule has 0 bridgehead atoms. The number of para-hydroxylation sites is 1. The van der Waals surface area contributed by atoms with Crippen molar-refractivity contribution in [2.45, 2.75) is 6.92 Å². The Morgan fingerprint density at radius 1 is 1.17 bits per heavy atom. The van der Waals surface area contributed by atoms with Gasteiger partial charge in [0, 0.05) is 0 Å². The minimum atomic E-state index is -0.671. The molecule has 0 atom stereocenters. The number of ether oxygens (including phenoxy) is 2. The molecule has 0 radical (unpaired) electrons. The van der Waals surface area contributed by atoms with Gasteiger partial charge in [-0.05, 0) is 30.5 Å². The van der Waals surface area contributed by atoms with Gasteiger partial charge < -0.3 is 20.5 Å². The van der Waals surface area contributed by atoms with Crippen LogP contribution in [0.1, 0.15) is 27.6 Å². The number of carbonyl (C=O) groups is 3. The van der Waals surface area contributed by atoms with Crippen molar-refractivity contribution >= 4 is 34.1 Å². The average Bonchev–Trinajstić information content (AvgIpc) is 3.02. The van der Waals surface area contributed by atoms with Crippen molar-refractivity contribution in [2.75, 3.05) is 18.5 Å². The van der Waals surface area contributed by atoms with Crippen molar-refractivity contribution in [1.82, 2.24) is 0 Å². The molecule has 1 aromatic heterocycles. The van der Waals surface area contributed by atoms with Crippen molar-refractivity contribution < 1.29 is 23.9 Å². The first kappa shape index (κ1) is 17.5. The molecule has 1 heterocycles. The zero-order valence-corrected chi connectivity index (χ0v) is 13.7. The van der Waals surface area contributed by atoms with Crippen LogP contribution in [0.3, 0.4) is 0 Å². The molecule has 2 amide bonds. The summed E-state index contributed by atoms with van der Waals surface area (Å²) < 4.78 is 10.3. The Labute approximate surface area is 142 Å². The summed E-state index contributed by atoms with van der Waals surface area (Å²) in [6.45, 7) is 1.71. The van der Waals surface area contributed by atoms with Crippen LogP contribution in [0.4, 0.5) is 5.00 Å². The summed E-state index contributed by atoms with van der Waals surface area (Å²) in [5.74, 6) is -1.49. The molecular formula is C16H16N2O5S. The number of thiophene rings is 1. The van der Waals surface area contributed by atoms with Crippen molar-refractivity contribution in [3.05, 3.63) is 46.8 Å². The topological polar surface area (TPSA) is 108 Å². The molecule has 2 rings (SSSR count). The molecule has 3 N–H and O–H groups in total. The molecule has 0 aliphatic rings. The fourth-order valence-electron chi connectivity index (χ4n) is 1.89. The van der Waals surface area contributed by atoms with E-state index in [2.05, 4.69) is 5.32 Å². The molecular weight excluding hydrogens is 332 g/mol. The van der Waals surface area contributed by atoms with Gasteiger partial charge >= 0.3 is 5.97 Å². The first-order valence-corrected chi connectivity index (χ1v) is 7.97. The highest BCUT2D eigenvalue weighted by Crippen LogP contribution is 2.23. The number of nitrogens with one attached hydrogen (secondary N) is 1. The number of nitrogens with two attached hydrogens (primary N) is 1. The Kier molecular flexibility index (Phi) is 5.91. The molecule has 0 saturated carbocycles. The number of anilines is 1. The molecule has 2 aromatic rings. The smallest absolute Gasteiger partial charge is 0.342 e. The fourth-order valence-corrected chi connectivity index (χ4v) is 2.70. The maximum Gasteiger partial charge on any atom is 0.342 e. The Hall–Kier alpha value is -2.87. The molecule has 0 unspecified atom stereocenters. The maximum atomic E-state index is 12.1. The standard InChI is InChI=1S/C16H16N2O5S/c1-2-22-12-6-4-3-5-10(12)16(21)23-9-13(19)18-15-11(14(17)20)7-8-24-15/h3-8H,2,9H2,1H3,(H2,17,20)(H,18,19). The molecule has 7 nitrogen and oxygen atoms in total. The first-order valence-electron chi connectivity index (χ1n) is 7.09. The number of benzene rings is 1. The third-order valence-corrected chi connectivity index (χ3v) is 3.75. The minimum absolute atomic E-state index is 0.210. The molecule has 126 valence electrons. The van der Waals surface area contributed by atoms with E-state index in [-0.39, 0.29) is 11.1 Å². The molecule has 0 aliphatic carbocycles. The van der Waals surface area contributed by atoms with E-state index >= 15 is 0 Å². The van der Waals surface area contributed by atoms with Crippen LogP contribution in [-0.2, 0) is 9.53 Å². The van der Waals surface area contributed by atoms with Gasteiger partial charge in [0.15, 0.2) is 6.61 Å². The van der Waals surface area contributed by atoms with Gasteiger partial charge in [0.05, 0.1) is 12.2 Å². The monoisotopic (exact) mass is 348 g/mol. The van der Waals surface area contributed by atoms with Gasteiger partial charge in [0.25, 0.3) is 11.8 Å². The summed E-state index contributed by atoms with van der Waals surface area (Å²) in [7, 11) is 0. The molecule has 0 fully saturated rings. The first-order chi connectivity index (χ1) is 11.5. The van der Waals surface area contributed by atoms with Crippen molar-refractivity contribution in [3.8, 4) is 5.75 Å². The Bertz CT molecular complexity index is 756. The molecule has 24 heavy (non-hydrogen) atoms. The van der Waals surface area contributed by atoms with E-state index in [0.717, 1.165) is 11.3 Å². The van der Waals surface area contributed by atoms with E-state index in [1.165, 1.54) is 6.07 Å². The highest BCUT2D eigenvalue weighted by Gasteiger charge is 2.17. The number of primary amides is 1. The van der Waals surface area contributed by atoms with Crippen LogP contribution in [0, 0.1) is 0 Å². The Morgan fingerprint density at radius 3 is 2.62 bits per heavy atom. The van der Waals surface area contributed by atoms with Gasteiger partial charge in [-0.25, -0.2) is 4.79 Å². The van der Waals surface area contributed by atoms with E-state index in [0.29, 0.717) is 17.4 Å². The maximum absolute atomic E-state index is 12.1. The van der Waals surface area contributed by atoms with E-state index in [4.69, 9.17) is 15.2 Å². The normalized spacial score (nSPS) is 10.0. The lowest BCUT2D eigenvalue weighted by Crippen LogP contribution is -2.22. The fraction of sp³-hybridized carbons (Fsp3) is 0.188. The second-order valence-corrected chi connectivity index (χ2v) is 5.50. The third kappa shape index (κ3) is 4.32. The highest BCUT2D eigenvalue weighted by atomic mass is 32.1. The van der Waals surface area contributed by atoms with E-state index in [1.54, 1.807) is 36.6 Å². The summed E-state index contributed by atoms with van der Waals surface area (Å²) in [5, 5.41) is 4.43. The number of rotatable bonds is 7. The quantitative estimate of drug-likeness (QED) is 0.745. The lowest BCUT2D eigenvalue weighted by atomic mass is 10.2. The summed E-state index contributed by atoms with van der Waals surface area (Å²) in [5.41, 5.74) is 5.64. The summed E-state index contributed by atoms with van der Waals surface area (Å²) in [6.07, 6.45) is 0. The average molecular weight is 348 g/mol. The van der Waals surface area contributed by atoms with Crippen LogP contribution in [0.5, 0.6) is 5.75 Å². The SMILES string of the molecule is CCOc1ccccc1C(=O)OCC(=O)Nc1sccc1C(N)=O. The van der Waals surface area contributed by atoms with Gasteiger partial charge in [0.2, 0.25) is 0 Å². The summed E-state index contributed by atoms with van der Waals surface area (Å²) in [4.78, 5) is 35.1. The number of carbonyl (C=O) groups excluding carboxylic acids is 3. The van der Waals surface area contributed by atoms with Crippen molar-refractivity contribution in [1.29, 1.82) is 0 Å². The lowest BCUT2D eigenvalue weighted by molar-refractivity contribution is -0.119. The van der Waals surface area contributed by atoms with Gasteiger partial charge in [-0.15, -0.1) is 11.3 Å². The third-order valence-electron chi connectivity index (χ3n) is 2.92. The number of amides is 2. The molecule has 0 aliphatic heterocycles. The zero-order chi connectivity index (χ0) is 17.5. The second-order valence-electron chi connectivity index (χ2n) is 4.58. The van der Waals surface area contributed by atoms with E-state index in [9.17, 15) is 14.4 Å². The van der Waals surface area contributed by atoms with Gasteiger partial charge in [-0.2, -0.15) is 0 Å². The number of hydrogen-bond donors (Lipinski definition) is 2. The number of esters is 1. The summed E-state index contributed by atoms with van der Waals surface area (Å²) >= 11 is 1.15. The Balaban J connectivity index is 1.95. The van der Waals surface area contributed by atoms with E-state index in [1.807, 2.05) is 0 Å². The predicted octanol–water partition coefficient (Wildman–Crippen LogP) is 2.04. The van der Waals surface area contributed by atoms with E-state index < -0.39 is 24.4 Å². The van der Waals surface area contributed by atoms with Crippen LogP contribution >= 0.6 is 11.3 Å². The van der Waals surface area contributed by atoms with Crippen molar-refractivity contribution in [2.24, 2.45) is 5.73 Å². The van der Waals surface area contributed by atoms with Crippen LogP contribution in [0.25, 0.3) is 0 Å². The van der Waals surface area contributed by atoms with Crippen LogP contribution < -0.4 is 15.8 Å². The Morgan fingerprint density at radius 2 is 1.92 bits per heavy atom. The lowest BCUT2D eigenvalue weighted by Gasteiger charge is -2.10. The zero-order valence-electron chi connectivity index (χ0n) is 12.9. The highest BCUT2D eigenvalue weighted by molar-refractivity contribution is 7.14. The molecule has 1 aromatic carbocycles. The largest absolute Gasteiger partial charge is 0.493 e. The second kappa shape index (κ2) is 8.11. The molecule has 8 heteroatoms. The van der Waals surface area contributed by atoms with Crippen LogP contribution in [0.15, 0.2) is 35.7 Å². The number of hydrogen-bond acceptors (Lipinski definition) is 6. The van der Waals surface area contributed by atoms with Crippen LogP contribution in [-0.4, -0.2) is 31.0 Å². The molecule has 0 spiro atoms. The minimum Gasteiger partial charge on any atom is -0.493 e. The molecule has 0 saturated heterocycles. The van der Waals surface area contributed by atoms with Gasteiger partial charge in [0.1, 0.15) is 16.3 Å². The van der Waals surface area contributed by atoms with Crippen LogP contribution in [0.2, 0.25) is 0 Å². The summed E-state index contributed by atoms with van der Waals surface area (Å²) in [6, 6.07) is 8.11. The van der Waals surface area contributed by atoms with Gasteiger partial charge in [-0.1, -0.05) is 12.1 Å².